The molecule has 0 saturated carbocycles. The molecular weight excluding hydrogens is 150 g/mol. The summed E-state index contributed by atoms with van der Waals surface area (Å²) in [7, 11) is 2.13. The van der Waals surface area contributed by atoms with Gasteiger partial charge in [-0.3, -0.25) is 0 Å². The van der Waals surface area contributed by atoms with Crippen molar-refractivity contribution in [2.45, 2.75) is 52.2 Å². The second kappa shape index (κ2) is 6.44. The van der Waals surface area contributed by atoms with Crippen molar-refractivity contribution in [3.05, 3.63) is 0 Å². The molecule has 74 valence electrons. The van der Waals surface area contributed by atoms with Crippen LogP contribution in [0.15, 0.2) is 0 Å². The van der Waals surface area contributed by atoms with Crippen LogP contribution in [0.2, 0.25) is 0 Å². The maximum Gasteiger partial charge on any atom is 0.0538 e. The maximum atomic E-state index is 9.29. The Balaban J connectivity index is 3.30. The van der Waals surface area contributed by atoms with Crippen molar-refractivity contribution in [3.8, 4) is 0 Å². The molecule has 2 heteroatoms. The van der Waals surface area contributed by atoms with E-state index in [9.17, 15) is 5.11 Å². The summed E-state index contributed by atoms with van der Waals surface area (Å²) in [4.78, 5) is 2.31. The lowest BCUT2D eigenvalue weighted by Crippen LogP contribution is -2.27. The average molecular weight is 173 g/mol. The molecule has 1 atom stereocenters. The van der Waals surface area contributed by atoms with Gasteiger partial charge >= 0.3 is 0 Å². The molecule has 0 fully saturated rings. The summed E-state index contributed by atoms with van der Waals surface area (Å²) in [6, 6.07) is 0.615. The summed E-state index contributed by atoms with van der Waals surface area (Å²) in [6.45, 7) is 7.50. The molecule has 0 saturated heterocycles. The third-order valence-electron chi connectivity index (χ3n) is 2.40. The number of aliphatic hydroxyl groups is 1. The number of rotatable bonds is 6. The molecule has 0 aromatic heterocycles. The molecule has 12 heavy (non-hydrogen) atoms. The van der Waals surface area contributed by atoms with E-state index in [0.29, 0.717) is 6.04 Å². The number of aliphatic hydroxyl groups excluding tert-OH is 1. The number of nitrogens with zero attached hydrogens (tertiary/aromatic N) is 1. The number of hydrogen-bond donors (Lipinski definition) is 1. The lowest BCUT2D eigenvalue weighted by molar-refractivity contribution is 0.149. The summed E-state index contributed by atoms with van der Waals surface area (Å²) in [5.41, 5.74) is 0. The normalized spacial score (nSPS) is 14.2. The van der Waals surface area contributed by atoms with Crippen LogP contribution >= 0.6 is 0 Å². The SMILES string of the molecule is CCC(O)CCCN(C)C(C)C. The zero-order valence-corrected chi connectivity index (χ0v) is 8.88. The molecule has 0 radical (unpaired) electrons. The van der Waals surface area contributed by atoms with E-state index >= 15 is 0 Å². The van der Waals surface area contributed by atoms with Crippen LogP contribution in [0.3, 0.4) is 0 Å². The molecule has 1 unspecified atom stereocenters. The highest BCUT2D eigenvalue weighted by atomic mass is 16.3. The van der Waals surface area contributed by atoms with Gasteiger partial charge in [0.1, 0.15) is 0 Å². The van der Waals surface area contributed by atoms with Gasteiger partial charge < -0.3 is 10.0 Å². The first-order valence-corrected chi connectivity index (χ1v) is 4.96. The second-order valence-electron chi connectivity index (χ2n) is 3.78. The molecule has 2 nitrogen and oxygen atoms in total. The molecule has 0 aliphatic heterocycles. The van der Waals surface area contributed by atoms with Crippen molar-refractivity contribution in [3.63, 3.8) is 0 Å². The fraction of sp³-hybridized carbons (Fsp3) is 1.00. The molecule has 0 spiro atoms. The van der Waals surface area contributed by atoms with Gasteiger partial charge in [0.2, 0.25) is 0 Å². The Morgan fingerprint density at radius 2 is 1.92 bits per heavy atom. The zero-order valence-electron chi connectivity index (χ0n) is 8.88. The highest BCUT2D eigenvalue weighted by molar-refractivity contribution is 4.59. The minimum atomic E-state index is -0.0921. The first-order chi connectivity index (χ1) is 5.57. The Labute approximate surface area is 76.6 Å². The van der Waals surface area contributed by atoms with Crippen LogP contribution in [0.1, 0.15) is 40.0 Å². The van der Waals surface area contributed by atoms with Crippen LogP contribution in [0.5, 0.6) is 0 Å². The molecule has 0 bridgehead atoms. The van der Waals surface area contributed by atoms with Crippen molar-refractivity contribution >= 4 is 0 Å². The predicted octanol–water partition coefficient (Wildman–Crippen LogP) is 1.88. The van der Waals surface area contributed by atoms with Gasteiger partial charge in [-0.2, -0.15) is 0 Å². The van der Waals surface area contributed by atoms with Gasteiger partial charge in [0.15, 0.2) is 0 Å². The highest BCUT2D eigenvalue weighted by Crippen LogP contribution is 2.03. The molecule has 0 rings (SSSR count). The van der Waals surface area contributed by atoms with Crippen LogP contribution < -0.4 is 0 Å². The van der Waals surface area contributed by atoms with E-state index in [0.717, 1.165) is 25.8 Å². The van der Waals surface area contributed by atoms with Crippen molar-refractivity contribution < 1.29 is 5.11 Å². The molecule has 0 heterocycles. The van der Waals surface area contributed by atoms with E-state index in [4.69, 9.17) is 0 Å². The summed E-state index contributed by atoms with van der Waals surface area (Å²) in [6.07, 6.45) is 2.83. The third kappa shape index (κ3) is 5.56. The molecule has 0 aromatic rings. The largest absolute Gasteiger partial charge is 0.393 e. The predicted molar refractivity (Wildman–Crippen MR) is 53.3 cm³/mol. The fourth-order valence-electron chi connectivity index (χ4n) is 1.04. The third-order valence-corrected chi connectivity index (χ3v) is 2.40. The van der Waals surface area contributed by atoms with E-state index in [1.807, 2.05) is 6.92 Å². The summed E-state index contributed by atoms with van der Waals surface area (Å²) in [5.74, 6) is 0. The van der Waals surface area contributed by atoms with Gasteiger partial charge in [-0.05, 0) is 46.7 Å². The van der Waals surface area contributed by atoms with E-state index in [1.165, 1.54) is 0 Å². The fourth-order valence-corrected chi connectivity index (χ4v) is 1.04. The second-order valence-corrected chi connectivity index (χ2v) is 3.78. The molecule has 1 N–H and O–H groups in total. The van der Waals surface area contributed by atoms with Crippen LogP contribution in [0, 0.1) is 0 Å². The quantitative estimate of drug-likeness (QED) is 0.663. The first-order valence-electron chi connectivity index (χ1n) is 4.96. The van der Waals surface area contributed by atoms with Gasteiger partial charge in [-0.25, -0.2) is 0 Å². The average Bonchev–Trinajstić information content (AvgIpc) is 2.03. The summed E-state index contributed by atoms with van der Waals surface area (Å²) < 4.78 is 0. The molecule has 0 aliphatic carbocycles. The van der Waals surface area contributed by atoms with Gasteiger partial charge in [0.05, 0.1) is 6.10 Å². The van der Waals surface area contributed by atoms with Crippen molar-refractivity contribution in [2.75, 3.05) is 13.6 Å². The van der Waals surface area contributed by atoms with Crippen LogP contribution in [0.4, 0.5) is 0 Å². The van der Waals surface area contributed by atoms with Gasteiger partial charge in [-0.1, -0.05) is 6.92 Å². The Hall–Kier alpha value is -0.0800. The first kappa shape index (κ1) is 11.9. The summed E-state index contributed by atoms with van der Waals surface area (Å²) in [5, 5.41) is 9.29. The minimum Gasteiger partial charge on any atom is -0.393 e. The van der Waals surface area contributed by atoms with E-state index in [1.54, 1.807) is 0 Å². The lowest BCUT2D eigenvalue weighted by Gasteiger charge is -2.21. The van der Waals surface area contributed by atoms with Crippen molar-refractivity contribution in [2.24, 2.45) is 0 Å². The van der Waals surface area contributed by atoms with E-state index in [-0.39, 0.29) is 6.10 Å². The Kier molecular flexibility index (Phi) is 6.39. The smallest absolute Gasteiger partial charge is 0.0538 e. The van der Waals surface area contributed by atoms with Gasteiger partial charge in [0, 0.05) is 6.04 Å². The van der Waals surface area contributed by atoms with Gasteiger partial charge in [0.25, 0.3) is 0 Å². The van der Waals surface area contributed by atoms with Crippen molar-refractivity contribution in [1.82, 2.24) is 4.90 Å². The topological polar surface area (TPSA) is 23.5 Å². The van der Waals surface area contributed by atoms with Crippen LogP contribution in [-0.4, -0.2) is 35.7 Å². The standard InChI is InChI=1S/C10H23NO/c1-5-10(12)7-6-8-11(4)9(2)3/h9-10,12H,5-8H2,1-4H3. The van der Waals surface area contributed by atoms with Crippen LogP contribution in [-0.2, 0) is 0 Å². The highest BCUT2D eigenvalue weighted by Gasteiger charge is 2.04. The lowest BCUT2D eigenvalue weighted by atomic mass is 10.1. The Bertz CT molecular complexity index is 104. The Morgan fingerprint density at radius 3 is 2.33 bits per heavy atom. The molecular formula is C10H23NO. The van der Waals surface area contributed by atoms with Crippen LogP contribution in [0.25, 0.3) is 0 Å². The van der Waals surface area contributed by atoms with E-state index < -0.39 is 0 Å². The van der Waals surface area contributed by atoms with Gasteiger partial charge in [-0.15, -0.1) is 0 Å². The zero-order chi connectivity index (χ0) is 9.56. The molecule has 0 aliphatic rings. The van der Waals surface area contributed by atoms with E-state index in [2.05, 4.69) is 25.8 Å². The van der Waals surface area contributed by atoms with Crippen molar-refractivity contribution in [1.29, 1.82) is 0 Å². The maximum absolute atomic E-state index is 9.29. The monoisotopic (exact) mass is 173 g/mol. The molecule has 0 aromatic carbocycles. The minimum absolute atomic E-state index is 0.0921. The summed E-state index contributed by atoms with van der Waals surface area (Å²) >= 11 is 0. The molecule has 0 amide bonds. The number of hydrogen-bond acceptors (Lipinski definition) is 2. The Morgan fingerprint density at radius 1 is 1.33 bits per heavy atom.